The van der Waals surface area contributed by atoms with Crippen LogP contribution in [0.1, 0.15) is 37.4 Å². The van der Waals surface area contributed by atoms with Crippen LogP contribution in [0.4, 0.5) is 0 Å². The van der Waals surface area contributed by atoms with Crippen molar-refractivity contribution >= 4 is 23.2 Å². The minimum atomic E-state index is 0.537. The van der Waals surface area contributed by atoms with Crippen molar-refractivity contribution in [1.82, 2.24) is 15.2 Å². The van der Waals surface area contributed by atoms with Gasteiger partial charge in [0.25, 0.3) is 0 Å². The van der Waals surface area contributed by atoms with Crippen molar-refractivity contribution in [2.75, 3.05) is 19.6 Å². The molecule has 5 heteroatoms. The van der Waals surface area contributed by atoms with Gasteiger partial charge in [-0.15, -0.1) is 0 Å². The van der Waals surface area contributed by atoms with Gasteiger partial charge >= 0.3 is 0 Å². The van der Waals surface area contributed by atoms with Gasteiger partial charge in [0.05, 0.1) is 0 Å². The topological polar surface area (TPSA) is 28.2 Å². The van der Waals surface area contributed by atoms with Crippen LogP contribution in [0.3, 0.4) is 0 Å². The molecule has 1 N–H and O–H groups in total. The zero-order chi connectivity index (χ0) is 14.5. The van der Waals surface area contributed by atoms with Crippen LogP contribution in [0.2, 0.25) is 10.2 Å². The van der Waals surface area contributed by atoms with E-state index in [0.29, 0.717) is 11.2 Å². The molecule has 1 aliphatic heterocycles. The van der Waals surface area contributed by atoms with Crippen LogP contribution in [-0.2, 0) is 6.54 Å². The number of halogens is 2. The lowest BCUT2D eigenvalue weighted by Gasteiger charge is -2.26. The summed E-state index contributed by atoms with van der Waals surface area (Å²) in [6.45, 7) is 8.13. The van der Waals surface area contributed by atoms with Crippen LogP contribution < -0.4 is 5.32 Å². The van der Waals surface area contributed by atoms with Crippen molar-refractivity contribution in [3.8, 4) is 0 Å². The lowest BCUT2D eigenvalue weighted by Crippen LogP contribution is -2.37. The van der Waals surface area contributed by atoms with Gasteiger partial charge in [0.2, 0.25) is 0 Å². The first kappa shape index (κ1) is 16.0. The summed E-state index contributed by atoms with van der Waals surface area (Å²) in [6.07, 6.45) is 3.66. The third kappa shape index (κ3) is 4.32. The van der Waals surface area contributed by atoms with Crippen molar-refractivity contribution in [2.24, 2.45) is 0 Å². The van der Waals surface area contributed by atoms with Crippen LogP contribution >= 0.6 is 23.2 Å². The summed E-state index contributed by atoms with van der Waals surface area (Å²) in [4.78, 5) is 6.74. The summed E-state index contributed by atoms with van der Waals surface area (Å²) >= 11 is 12.6. The Kier molecular flexibility index (Phi) is 6.09. The first-order valence-corrected chi connectivity index (χ1v) is 8.13. The number of nitrogens with zero attached hydrogens (tertiary/aromatic N) is 2. The first-order chi connectivity index (χ1) is 9.60. The number of aromatic nitrogens is 1. The van der Waals surface area contributed by atoms with E-state index < -0.39 is 0 Å². The molecule has 1 aliphatic rings. The van der Waals surface area contributed by atoms with Gasteiger partial charge in [-0.3, -0.25) is 4.90 Å². The fraction of sp³-hybridized carbons (Fsp3) is 0.667. The highest BCUT2D eigenvalue weighted by molar-refractivity contribution is 6.35. The maximum atomic E-state index is 6.33. The van der Waals surface area contributed by atoms with Gasteiger partial charge in [0.1, 0.15) is 5.15 Å². The summed E-state index contributed by atoms with van der Waals surface area (Å²) in [6, 6.07) is 2.48. The normalized spacial score (nSPS) is 18.9. The molecule has 1 aromatic heterocycles. The van der Waals surface area contributed by atoms with E-state index in [1.54, 1.807) is 0 Å². The molecule has 1 fully saturated rings. The van der Waals surface area contributed by atoms with E-state index in [1.807, 2.05) is 13.0 Å². The zero-order valence-corrected chi connectivity index (χ0v) is 13.8. The fourth-order valence-corrected chi connectivity index (χ4v) is 3.41. The quantitative estimate of drug-likeness (QED) is 0.812. The molecule has 2 rings (SSSR count). The molecule has 3 nitrogen and oxygen atoms in total. The molecular formula is C15H23Cl2N3. The summed E-state index contributed by atoms with van der Waals surface area (Å²) < 4.78 is 0. The zero-order valence-electron chi connectivity index (χ0n) is 12.3. The molecule has 1 saturated heterocycles. The summed E-state index contributed by atoms with van der Waals surface area (Å²) in [5, 5.41) is 4.81. The Morgan fingerprint density at radius 1 is 1.45 bits per heavy atom. The standard InChI is InChI=1S/C15H23Cl2N3/c1-3-7-20(9-12-5-4-6-18-12)10-13-14(16)8-11(2)19-15(13)17/h8,12,18H,3-7,9-10H2,1-2H3. The molecule has 1 aromatic rings. The van der Waals surface area contributed by atoms with E-state index in [-0.39, 0.29) is 0 Å². The Labute approximate surface area is 131 Å². The number of pyridine rings is 1. The smallest absolute Gasteiger partial charge is 0.135 e. The predicted molar refractivity (Wildman–Crippen MR) is 85.6 cm³/mol. The molecule has 0 radical (unpaired) electrons. The number of nitrogens with one attached hydrogen (secondary N) is 1. The largest absolute Gasteiger partial charge is 0.313 e. The molecule has 0 aromatic carbocycles. The summed E-state index contributed by atoms with van der Waals surface area (Å²) in [7, 11) is 0. The van der Waals surface area contributed by atoms with E-state index in [9.17, 15) is 0 Å². The van der Waals surface area contributed by atoms with E-state index >= 15 is 0 Å². The second kappa shape index (κ2) is 7.60. The molecule has 1 atom stereocenters. The predicted octanol–water partition coefficient (Wildman–Crippen LogP) is 3.66. The van der Waals surface area contributed by atoms with Gasteiger partial charge in [0.15, 0.2) is 0 Å². The molecule has 20 heavy (non-hydrogen) atoms. The van der Waals surface area contributed by atoms with Gasteiger partial charge in [-0.25, -0.2) is 4.98 Å². The van der Waals surface area contributed by atoms with E-state index in [4.69, 9.17) is 23.2 Å². The molecule has 112 valence electrons. The maximum absolute atomic E-state index is 6.33. The molecule has 0 saturated carbocycles. The van der Waals surface area contributed by atoms with Crippen LogP contribution in [0, 0.1) is 6.92 Å². The van der Waals surface area contributed by atoms with Gasteiger partial charge < -0.3 is 5.32 Å². The highest BCUT2D eigenvalue weighted by Crippen LogP contribution is 2.25. The van der Waals surface area contributed by atoms with Crippen LogP contribution in [-0.4, -0.2) is 35.6 Å². The van der Waals surface area contributed by atoms with Crippen molar-refractivity contribution in [1.29, 1.82) is 0 Å². The molecule has 0 amide bonds. The highest BCUT2D eigenvalue weighted by Gasteiger charge is 2.19. The molecule has 0 bridgehead atoms. The lowest BCUT2D eigenvalue weighted by atomic mass is 10.2. The van der Waals surface area contributed by atoms with E-state index in [1.165, 1.54) is 12.8 Å². The molecular weight excluding hydrogens is 293 g/mol. The molecule has 1 unspecified atom stereocenters. The second-order valence-corrected chi connectivity index (χ2v) is 6.31. The maximum Gasteiger partial charge on any atom is 0.135 e. The molecule has 2 heterocycles. The van der Waals surface area contributed by atoms with E-state index in [0.717, 1.165) is 48.9 Å². The average molecular weight is 316 g/mol. The number of hydrogen-bond donors (Lipinski definition) is 1. The molecule has 0 aliphatic carbocycles. The SMILES string of the molecule is CCCN(Cc1c(Cl)cc(C)nc1Cl)CC1CCCN1. The van der Waals surface area contributed by atoms with Crippen LogP contribution in [0.5, 0.6) is 0 Å². The summed E-state index contributed by atoms with van der Waals surface area (Å²) in [5.74, 6) is 0. The minimum absolute atomic E-state index is 0.537. The Bertz CT molecular complexity index is 422. The lowest BCUT2D eigenvalue weighted by molar-refractivity contribution is 0.241. The monoisotopic (exact) mass is 315 g/mol. The minimum Gasteiger partial charge on any atom is -0.313 e. The van der Waals surface area contributed by atoms with Crippen LogP contribution in [0.25, 0.3) is 0 Å². The van der Waals surface area contributed by atoms with Crippen LogP contribution in [0.15, 0.2) is 6.07 Å². The Morgan fingerprint density at radius 2 is 2.25 bits per heavy atom. The number of aryl methyl sites for hydroxylation is 1. The van der Waals surface area contributed by atoms with Crippen molar-refractivity contribution in [3.63, 3.8) is 0 Å². The van der Waals surface area contributed by atoms with Gasteiger partial charge in [-0.1, -0.05) is 30.1 Å². The van der Waals surface area contributed by atoms with Gasteiger partial charge in [-0.2, -0.15) is 0 Å². The van der Waals surface area contributed by atoms with E-state index in [2.05, 4.69) is 22.1 Å². The third-order valence-corrected chi connectivity index (χ3v) is 4.36. The summed E-state index contributed by atoms with van der Waals surface area (Å²) in [5.41, 5.74) is 1.81. The van der Waals surface area contributed by atoms with Gasteiger partial charge in [0, 0.05) is 35.4 Å². The fourth-order valence-electron chi connectivity index (χ4n) is 2.76. The number of rotatable bonds is 6. The average Bonchev–Trinajstić information content (AvgIpc) is 2.86. The van der Waals surface area contributed by atoms with Crippen molar-refractivity contribution in [2.45, 2.75) is 45.7 Å². The van der Waals surface area contributed by atoms with Crippen molar-refractivity contribution < 1.29 is 0 Å². The number of hydrogen-bond acceptors (Lipinski definition) is 3. The second-order valence-electron chi connectivity index (χ2n) is 5.54. The third-order valence-electron chi connectivity index (χ3n) is 3.71. The Morgan fingerprint density at radius 3 is 2.85 bits per heavy atom. The van der Waals surface area contributed by atoms with Crippen molar-refractivity contribution in [3.05, 3.63) is 27.5 Å². The first-order valence-electron chi connectivity index (χ1n) is 7.37. The highest BCUT2D eigenvalue weighted by atomic mass is 35.5. The van der Waals surface area contributed by atoms with Gasteiger partial charge in [-0.05, 0) is 45.3 Å². The Balaban J connectivity index is 2.07. The molecule has 0 spiro atoms. The Hall–Kier alpha value is -0.350.